The number of methoxy groups -OCH3 is 2. The molecule has 0 aliphatic carbocycles. The van der Waals surface area contributed by atoms with Crippen LogP contribution in [-0.4, -0.2) is 93.4 Å². The average molecular weight is 511 g/mol. The third-order valence-corrected chi connectivity index (χ3v) is 6.84. The van der Waals surface area contributed by atoms with Crippen molar-refractivity contribution in [3.8, 4) is 23.0 Å². The molecule has 196 valence electrons. The number of carbonyl (C=O) groups excluding carboxylic acids is 2. The third kappa shape index (κ3) is 4.70. The number of likely N-dealkylation sites (tertiary alicyclic amines) is 1. The molecule has 10 heteroatoms. The summed E-state index contributed by atoms with van der Waals surface area (Å²) in [4.78, 5) is 30.5. The van der Waals surface area contributed by atoms with Crippen molar-refractivity contribution in [1.82, 2.24) is 9.80 Å². The Bertz CT molecular complexity index is 1220. The number of hydrogen-bond donors (Lipinski definition) is 1. The average Bonchev–Trinajstić information content (AvgIpc) is 3.20. The predicted molar refractivity (Wildman–Crippen MR) is 133 cm³/mol. The molecule has 3 aliphatic rings. The first kappa shape index (κ1) is 24.9. The SMILES string of the molecule is COc1cccc([C@@H]2C(=C(O)c3ccc4c(c3)OCCO4)C(=O)C(=O)N2CCN2CCOCC2)c1OC. The number of hydrogen-bond acceptors (Lipinski definition) is 9. The summed E-state index contributed by atoms with van der Waals surface area (Å²) in [7, 11) is 3.02. The van der Waals surface area contributed by atoms with Crippen molar-refractivity contribution >= 4 is 17.4 Å². The maximum atomic E-state index is 13.4. The van der Waals surface area contributed by atoms with Crippen LogP contribution in [0.1, 0.15) is 17.2 Å². The molecular formula is C27H30N2O8. The van der Waals surface area contributed by atoms with Gasteiger partial charge in [0.15, 0.2) is 23.0 Å². The van der Waals surface area contributed by atoms with Crippen LogP contribution in [0.25, 0.3) is 5.76 Å². The van der Waals surface area contributed by atoms with E-state index in [1.807, 2.05) is 0 Å². The number of aliphatic hydroxyl groups excluding tert-OH is 1. The van der Waals surface area contributed by atoms with E-state index in [-0.39, 0.29) is 17.9 Å². The first-order chi connectivity index (χ1) is 18.0. The zero-order valence-electron chi connectivity index (χ0n) is 20.9. The van der Waals surface area contributed by atoms with Crippen LogP contribution in [0, 0.1) is 0 Å². The maximum absolute atomic E-state index is 13.4. The number of Topliss-reactive ketones (excluding diaryl/α,β-unsaturated/α-hetero) is 1. The van der Waals surface area contributed by atoms with Crippen LogP contribution in [0.2, 0.25) is 0 Å². The molecule has 1 amide bonds. The van der Waals surface area contributed by atoms with Crippen molar-refractivity contribution in [3.63, 3.8) is 0 Å². The summed E-state index contributed by atoms with van der Waals surface area (Å²) in [6.07, 6.45) is 0. The van der Waals surface area contributed by atoms with Crippen molar-refractivity contribution in [2.24, 2.45) is 0 Å². The highest BCUT2D eigenvalue weighted by atomic mass is 16.6. The topological polar surface area (TPSA) is 107 Å². The number of carbonyl (C=O) groups is 2. The number of benzene rings is 2. The highest BCUT2D eigenvalue weighted by Crippen LogP contribution is 2.46. The zero-order valence-corrected chi connectivity index (χ0v) is 20.9. The van der Waals surface area contributed by atoms with E-state index < -0.39 is 17.7 Å². The highest BCUT2D eigenvalue weighted by Gasteiger charge is 2.47. The van der Waals surface area contributed by atoms with Crippen LogP contribution in [0.3, 0.4) is 0 Å². The Morgan fingerprint density at radius 3 is 2.46 bits per heavy atom. The lowest BCUT2D eigenvalue weighted by molar-refractivity contribution is -0.140. The van der Waals surface area contributed by atoms with Crippen LogP contribution >= 0.6 is 0 Å². The Morgan fingerprint density at radius 2 is 1.73 bits per heavy atom. The van der Waals surface area contributed by atoms with E-state index in [4.69, 9.17) is 23.7 Å². The molecule has 0 saturated carbocycles. The van der Waals surface area contributed by atoms with Crippen LogP contribution in [0.15, 0.2) is 42.0 Å². The molecule has 5 rings (SSSR count). The van der Waals surface area contributed by atoms with Gasteiger partial charge in [0.1, 0.15) is 19.0 Å². The van der Waals surface area contributed by atoms with E-state index >= 15 is 0 Å². The number of aliphatic hydroxyl groups is 1. The Kier molecular flexibility index (Phi) is 7.20. The fraction of sp³-hybridized carbons (Fsp3) is 0.407. The van der Waals surface area contributed by atoms with Crippen LogP contribution in [0.5, 0.6) is 23.0 Å². The van der Waals surface area contributed by atoms with Gasteiger partial charge >= 0.3 is 0 Å². The number of rotatable bonds is 7. The van der Waals surface area contributed by atoms with Gasteiger partial charge in [0.25, 0.3) is 11.7 Å². The van der Waals surface area contributed by atoms with Gasteiger partial charge in [0, 0.05) is 37.3 Å². The van der Waals surface area contributed by atoms with Crippen molar-refractivity contribution in [3.05, 3.63) is 53.1 Å². The molecule has 0 radical (unpaired) electrons. The quantitative estimate of drug-likeness (QED) is 0.341. The summed E-state index contributed by atoms with van der Waals surface area (Å²) in [6, 6.07) is 9.34. The van der Waals surface area contributed by atoms with Gasteiger partial charge in [0.05, 0.1) is 39.0 Å². The Hall–Kier alpha value is -3.76. The number of para-hydroxylation sites is 1. The van der Waals surface area contributed by atoms with Crippen LogP contribution in [-0.2, 0) is 14.3 Å². The summed E-state index contributed by atoms with van der Waals surface area (Å²) < 4.78 is 27.8. The van der Waals surface area contributed by atoms with E-state index in [0.717, 1.165) is 13.1 Å². The van der Waals surface area contributed by atoms with Crippen molar-refractivity contribution in [2.75, 3.05) is 66.8 Å². The largest absolute Gasteiger partial charge is 0.507 e. The standard InChI is InChI=1S/C27H30N2O8/c1-33-20-5-3-4-18(26(20)34-2)23-22(24(30)17-6-7-19-21(16-17)37-15-14-36-19)25(31)27(32)29(23)9-8-28-10-12-35-13-11-28/h3-7,16,23,30H,8-15H2,1-2H3/t23-/m1/s1. The lowest BCUT2D eigenvalue weighted by Crippen LogP contribution is -2.42. The number of ketones is 1. The Balaban J connectivity index is 1.60. The van der Waals surface area contributed by atoms with E-state index in [1.165, 1.54) is 19.1 Å². The van der Waals surface area contributed by atoms with Crippen molar-refractivity contribution in [1.29, 1.82) is 0 Å². The minimum atomic E-state index is -0.876. The molecule has 37 heavy (non-hydrogen) atoms. The zero-order chi connectivity index (χ0) is 25.9. The van der Waals surface area contributed by atoms with E-state index in [0.29, 0.717) is 67.1 Å². The second kappa shape index (κ2) is 10.7. The summed E-state index contributed by atoms with van der Waals surface area (Å²) >= 11 is 0. The van der Waals surface area contributed by atoms with Crippen molar-refractivity contribution < 1.29 is 38.4 Å². The lowest BCUT2D eigenvalue weighted by atomic mass is 9.94. The molecule has 2 aromatic rings. The molecule has 2 fully saturated rings. The second-order valence-electron chi connectivity index (χ2n) is 8.89. The molecule has 0 aromatic heterocycles. The summed E-state index contributed by atoms with van der Waals surface area (Å²) in [5, 5.41) is 11.5. The van der Waals surface area contributed by atoms with Gasteiger partial charge in [-0.3, -0.25) is 14.5 Å². The fourth-order valence-electron chi connectivity index (χ4n) is 4.98. The molecule has 0 bridgehead atoms. The van der Waals surface area contributed by atoms with E-state index in [1.54, 1.807) is 36.4 Å². The minimum Gasteiger partial charge on any atom is -0.507 e. The third-order valence-electron chi connectivity index (χ3n) is 6.84. The van der Waals surface area contributed by atoms with Crippen LogP contribution < -0.4 is 18.9 Å². The van der Waals surface area contributed by atoms with Crippen molar-refractivity contribution in [2.45, 2.75) is 6.04 Å². The minimum absolute atomic E-state index is 0.0183. The monoisotopic (exact) mass is 510 g/mol. The van der Waals surface area contributed by atoms with E-state index in [2.05, 4.69) is 4.90 Å². The smallest absolute Gasteiger partial charge is 0.295 e. The Morgan fingerprint density at radius 1 is 0.973 bits per heavy atom. The Labute approximate surface area is 214 Å². The number of fused-ring (bicyclic) bond motifs is 1. The van der Waals surface area contributed by atoms with Gasteiger partial charge in [-0.25, -0.2) is 0 Å². The molecule has 10 nitrogen and oxygen atoms in total. The van der Waals surface area contributed by atoms with E-state index in [9.17, 15) is 14.7 Å². The molecular weight excluding hydrogens is 480 g/mol. The number of morpholine rings is 1. The molecule has 0 spiro atoms. The lowest BCUT2D eigenvalue weighted by Gasteiger charge is -2.31. The highest BCUT2D eigenvalue weighted by molar-refractivity contribution is 6.46. The van der Waals surface area contributed by atoms with Gasteiger partial charge < -0.3 is 33.7 Å². The van der Waals surface area contributed by atoms with Gasteiger partial charge in [-0.15, -0.1) is 0 Å². The first-order valence-corrected chi connectivity index (χ1v) is 12.2. The molecule has 3 aliphatic heterocycles. The molecule has 2 saturated heterocycles. The fourth-order valence-corrected chi connectivity index (χ4v) is 4.98. The van der Waals surface area contributed by atoms with Gasteiger partial charge in [-0.1, -0.05) is 12.1 Å². The summed E-state index contributed by atoms with van der Waals surface area (Å²) in [5.41, 5.74) is 0.875. The number of amides is 1. The number of nitrogens with zero attached hydrogens (tertiary/aromatic N) is 2. The summed E-state index contributed by atoms with van der Waals surface area (Å²) in [5.74, 6) is 0.136. The predicted octanol–water partition coefficient (Wildman–Crippen LogP) is 2.23. The molecule has 1 atom stereocenters. The molecule has 2 aromatic carbocycles. The molecule has 3 heterocycles. The second-order valence-corrected chi connectivity index (χ2v) is 8.89. The van der Waals surface area contributed by atoms with Gasteiger partial charge in [0.2, 0.25) is 0 Å². The molecule has 0 unspecified atom stereocenters. The molecule has 1 N–H and O–H groups in total. The van der Waals surface area contributed by atoms with Crippen LogP contribution in [0.4, 0.5) is 0 Å². The first-order valence-electron chi connectivity index (χ1n) is 12.2. The number of ether oxygens (including phenoxy) is 5. The normalized spacial score (nSPS) is 21.2. The van der Waals surface area contributed by atoms with Gasteiger partial charge in [-0.05, 0) is 24.3 Å². The van der Waals surface area contributed by atoms with Gasteiger partial charge in [-0.2, -0.15) is 0 Å². The summed E-state index contributed by atoms with van der Waals surface area (Å²) in [6.45, 7) is 4.39. The maximum Gasteiger partial charge on any atom is 0.295 e.